The van der Waals surface area contributed by atoms with Crippen LogP contribution >= 0.6 is 0 Å². The summed E-state index contributed by atoms with van der Waals surface area (Å²) in [7, 11) is 3.10. The minimum absolute atomic E-state index is 0.0313. The number of benzene rings is 2. The van der Waals surface area contributed by atoms with Gasteiger partial charge in [-0.2, -0.15) is 0 Å². The fourth-order valence-electron chi connectivity index (χ4n) is 5.04. The second-order valence-corrected chi connectivity index (χ2v) is 8.29. The summed E-state index contributed by atoms with van der Waals surface area (Å²) in [4.78, 5) is 39.9. The Labute approximate surface area is 177 Å². The molecule has 0 aliphatic heterocycles. The summed E-state index contributed by atoms with van der Waals surface area (Å²) in [6, 6.07) is 3.50. The average molecular weight is 426 g/mol. The maximum atomic E-state index is 13.6. The summed E-state index contributed by atoms with van der Waals surface area (Å²) >= 11 is 0. The van der Waals surface area contributed by atoms with E-state index < -0.39 is 52.1 Å². The van der Waals surface area contributed by atoms with Gasteiger partial charge in [0.25, 0.3) is 5.91 Å². The number of hydrogen-bond acceptors (Lipinski definition) is 8. The van der Waals surface area contributed by atoms with Gasteiger partial charge in [-0.05, 0) is 50.0 Å². The summed E-state index contributed by atoms with van der Waals surface area (Å²) < 4.78 is 0. The van der Waals surface area contributed by atoms with Crippen LogP contribution < -0.4 is 5.73 Å². The number of rotatable bonds is 2. The third-order valence-electron chi connectivity index (χ3n) is 6.51. The van der Waals surface area contributed by atoms with E-state index in [1.54, 1.807) is 33.2 Å². The van der Waals surface area contributed by atoms with Gasteiger partial charge in [0.05, 0.1) is 17.0 Å². The summed E-state index contributed by atoms with van der Waals surface area (Å²) in [5.74, 6) is -6.18. The highest BCUT2D eigenvalue weighted by molar-refractivity contribution is 6.25. The van der Waals surface area contributed by atoms with E-state index >= 15 is 0 Å². The quantitative estimate of drug-likeness (QED) is 0.433. The van der Waals surface area contributed by atoms with Crippen LogP contribution in [0.15, 0.2) is 29.5 Å². The Morgan fingerprint density at radius 1 is 1.19 bits per heavy atom. The van der Waals surface area contributed by atoms with Gasteiger partial charge >= 0.3 is 0 Å². The molecule has 0 saturated carbocycles. The van der Waals surface area contributed by atoms with Gasteiger partial charge in [-0.25, -0.2) is 0 Å². The number of ketones is 2. The number of aromatic hydroxyl groups is 2. The smallest absolute Gasteiger partial charge is 0.255 e. The van der Waals surface area contributed by atoms with E-state index in [9.17, 15) is 34.8 Å². The molecule has 31 heavy (non-hydrogen) atoms. The number of aryl methyl sites for hydroxylation is 1. The molecule has 1 amide bonds. The molecular formula is C22H22N2O7. The number of phenols is 2. The Bertz CT molecular complexity index is 1230. The molecule has 3 atom stereocenters. The molecule has 4 rings (SSSR count). The number of primary amides is 1. The van der Waals surface area contributed by atoms with Crippen LogP contribution in [0.25, 0.3) is 10.8 Å². The number of nitrogens with zero attached hydrogens (tertiary/aromatic N) is 1. The number of phenolic OH excluding ortho intramolecular Hbond substituents is 2. The van der Waals surface area contributed by atoms with Crippen LogP contribution in [-0.4, -0.2) is 68.5 Å². The van der Waals surface area contributed by atoms with Gasteiger partial charge < -0.3 is 26.2 Å². The molecular weight excluding hydrogens is 404 g/mol. The van der Waals surface area contributed by atoms with E-state index in [0.29, 0.717) is 16.5 Å². The minimum Gasteiger partial charge on any atom is -0.508 e. The van der Waals surface area contributed by atoms with E-state index in [1.807, 2.05) is 0 Å². The number of likely N-dealkylation sites (N-methyl/N-ethyl adjacent to an activating group) is 1. The second-order valence-electron chi connectivity index (χ2n) is 8.29. The van der Waals surface area contributed by atoms with Gasteiger partial charge in [0.2, 0.25) is 5.78 Å². The van der Waals surface area contributed by atoms with E-state index in [-0.39, 0.29) is 23.1 Å². The van der Waals surface area contributed by atoms with E-state index in [1.165, 1.54) is 11.0 Å². The van der Waals surface area contributed by atoms with Crippen molar-refractivity contribution < 1.29 is 34.8 Å². The monoisotopic (exact) mass is 426 g/mol. The van der Waals surface area contributed by atoms with Gasteiger partial charge in [-0.1, -0.05) is 12.1 Å². The lowest BCUT2D eigenvalue weighted by Gasteiger charge is -2.47. The lowest BCUT2D eigenvalue weighted by Crippen LogP contribution is -2.64. The number of carbonyl (C=O) groups is 3. The lowest BCUT2D eigenvalue weighted by molar-refractivity contribution is -0.132. The first kappa shape index (κ1) is 20.8. The lowest BCUT2D eigenvalue weighted by atomic mass is 9.61. The highest BCUT2D eigenvalue weighted by Gasteiger charge is 2.62. The van der Waals surface area contributed by atoms with Crippen LogP contribution in [0.1, 0.15) is 21.5 Å². The number of carbonyl (C=O) groups excluding carboxylic acids is 3. The summed E-state index contributed by atoms with van der Waals surface area (Å²) in [6.45, 7) is 1.71. The zero-order chi connectivity index (χ0) is 23.0. The number of hydrogen-bond donors (Lipinski definition) is 5. The molecule has 0 spiro atoms. The van der Waals surface area contributed by atoms with E-state index in [4.69, 9.17) is 5.73 Å². The SMILES string of the molecule is Cc1c2c(c(O)c3c(O)cccc13)C(=O)[C@]1(O)C(O)=C(C(N)=O)C(=O)[C@@H](N(C)C)[C@H]1C2. The van der Waals surface area contributed by atoms with Crippen molar-refractivity contribution in [3.63, 3.8) is 0 Å². The standard InChI is InChI=1S/C22H22N2O7/c1-8-9-5-4-6-12(25)13(9)17(26)14-10(8)7-11-16(24(2)3)18(27)15(21(23)30)20(29)22(11,31)19(14)28/h4-6,11,16,25-26,29,31H,7H2,1-3H3,(H2,23,30)/t11-,16+,22+/m1/s1. The van der Waals surface area contributed by atoms with Crippen molar-refractivity contribution in [2.24, 2.45) is 11.7 Å². The third-order valence-corrected chi connectivity index (χ3v) is 6.51. The molecule has 9 heteroatoms. The van der Waals surface area contributed by atoms with Crippen molar-refractivity contribution in [3.8, 4) is 11.5 Å². The molecule has 0 saturated heterocycles. The first-order valence-corrected chi connectivity index (χ1v) is 9.61. The molecule has 2 aromatic carbocycles. The maximum Gasteiger partial charge on any atom is 0.255 e. The predicted octanol–water partition coefficient (Wildman–Crippen LogP) is 0.456. The fraction of sp³-hybridized carbons (Fsp3) is 0.318. The van der Waals surface area contributed by atoms with Gasteiger partial charge in [-0.3, -0.25) is 19.3 Å². The molecule has 2 aromatic rings. The second kappa shape index (κ2) is 6.53. The molecule has 0 radical (unpaired) electrons. The zero-order valence-corrected chi connectivity index (χ0v) is 17.1. The summed E-state index contributed by atoms with van der Waals surface area (Å²) in [5, 5.41) is 43.9. The average Bonchev–Trinajstić information content (AvgIpc) is 2.68. The number of fused-ring (bicyclic) bond motifs is 3. The Morgan fingerprint density at radius 3 is 2.42 bits per heavy atom. The normalized spacial score (nSPS) is 25.7. The zero-order valence-electron chi connectivity index (χ0n) is 17.1. The van der Waals surface area contributed by atoms with Crippen molar-refractivity contribution >= 4 is 28.2 Å². The summed E-state index contributed by atoms with van der Waals surface area (Å²) in [6.07, 6.45) is -0.0484. The van der Waals surface area contributed by atoms with Crippen molar-refractivity contribution in [3.05, 3.63) is 46.2 Å². The maximum absolute atomic E-state index is 13.6. The van der Waals surface area contributed by atoms with Crippen molar-refractivity contribution in [2.75, 3.05) is 14.1 Å². The van der Waals surface area contributed by atoms with Gasteiger partial charge in [-0.15, -0.1) is 0 Å². The van der Waals surface area contributed by atoms with Crippen LogP contribution in [-0.2, 0) is 16.0 Å². The Balaban J connectivity index is 2.11. The number of nitrogens with two attached hydrogens (primary N) is 1. The van der Waals surface area contributed by atoms with E-state index in [2.05, 4.69) is 0 Å². The third kappa shape index (κ3) is 2.47. The molecule has 0 fully saturated rings. The first-order valence-electron chi connectivity index (χ1n) is 9.61. The largest absolute Gasteiger partial charge is 0.508 e. The molecule has 2 aliphatic rings. The topological polar surface area (TPSA) is 161 Å². The summed E-state index contributed by atoms with van der Waals surface area (Å²) in [5.41, 5.74) is 2.50. The highest BCUT2D eigenvalue weighted by Crippen LogP contribution is 2.50. The molecule has 9 nitrogen and oxygen atoms in total. The van der Waals surface area contributed by atoms with Crippen molar-refractivity contribution in [1.29, 1.82) is 0 Å². The van der Waals surface area contributed by atoms with Gasteiger partial charge in [0.15, 0.2) is 11.4 Å². The Hall–Kier alpha value is -3.43. The van der Waals surface area contributed by atoms with Crippen LogP contribution in [0.4, 0.5) is 0 Å². The molecule has 2 aliphatic carbocycles. The molecule has 0 unspecified atom stereocenters. The fourth-order valence-corrected chi connectivity index (χ4v) is 5.04. The Kier molecular flexibility index (Phi) is 4.39. The minimum atomic E-state index is -2.65. The van der Waals surface area contributed by atoms with Gasteiger partial charge in [0.1, 0.15) is 22.8 Å². The number of aliphatic hydroxyl groups is 2. The Morgan fingerprint density at radius 2 is 1.84 bits per heavy atom. The van der Waals surface area contributed by atoms with Crippen LogP contribution in [0.3, 0.4) is 0 Å². The molecule has 0 bridgehead atoms. The predicted molar refractivity (Wildman–Crippen MR) is 110 cm³/mol. The molecule has 0 heterocycles. The van der Waals surface area contributed by atoms with Crippen LogP contribution in [0, 0.1) is 12.8 Å². The molecule has 0 aromatic heterocycles. The number of amides is 1. The van der Waals surface area contributed by atoms with E-state index in [0.717, 1.165) is 0 Å². The van der Waals surface area contributed by atoms with Crippen LogP contribution in [0.2, 0.25) is 0 Å². The molecule has 162 valence electrons. The number of Topliss-reactive ketones (excluding diaryl/α,β-unsaturated/α-hetero) is 2. The van der Waals surface area contributed by atoms with Gasteiger partial charge in [0, 0.05) is 5.92 Å². The van der Waals surface area contributed by atoms with Crippen molar-refractivity contribution in [1.82, 2.24) is 4.90 Å². The van der Waals surface area contributed by atoms with Crippen LogP contribution in [0.5, 0.6) is 11.5 Å². The first-order chi connectivity index (χ1) is 14.4. The molecule has 6 N–H and O–H groups in total. The highest BCUT2D eigenvalue weighted by atomic mass is 16.3. The van der Waals surface area contributed by atoms with Crippen molar-refractivity contribution in [2.45, 2.75) is 25.0 Å². The number of aliphatic hydroxyl groups excluding tert-OH is 1.